The van der Waals surface area contributed by atoms with Crippen LogP contribution in [0.25, 0.3) is 11.3 Å². The first kappa shape index (κ1) is 14.4. The highest BCUT2D eigenvalue weighted by Crippen LogP contribution is 2.30. The van der Waals surface area contributed by atoms with Crippen LogP contribution in [0.5, 0.6) is 5.88 Å². The Bertz CT molecular complexity index is 636. The molecule has 108 valence electrons. The van der Waals surface area contributed by atoms with Gasteiger partial charge < -0.3 is 5.11 Å². The van der Waals surface area contributed by atoms with Gasteiger partial charge in [0.1, 0.15) is 5.69 Å². The van der Waals surface area contributed by atoms with Gasteiger partial charge in [0.15, 0.2) is 0 Å². The largest absolute Gasteiger partial charge is 0.493 e. The number of hydrogen-bond acceptors (Lipinski definition) is 2. The van der Waals surface area contributed by atoms with Gasteiger partial charge in [-0.05, 0) is 19.8 Å². The lowest BCUT2D eigenvalue weighted by Gasteiger charge is -2.09. The number of aromatic hydroxyl groups is 1. The van der Waals surface area contributed by atoms with Crippen molar-refractivity contribution in [3.8, 4) is 17.1 Å². The van der Waals surface area contributed by atoms with Crippen molar-refractivity contribution >= 4 is 0 Å². The Morgan fingerprint density at radius 1 is 1.10 bits per heavy atom. The highest BCUT2D eigenvalue weighted by Gasteiger charge is 2.22. The molecule has 1 aromatic heterocycles. The summed E-state index contributed by atoms with van der Waals surface area (Å²) in [6.45, 7) is 8.51. The Morgan fingerprint density at radius 3 is 2.20 bits per heavy atom. The second kappa shape index (κ2) is 5.57. The molecule has 0 fully saturated rings. The molecule has 0 amide bonds. The molecule has 0 aliphatic carbocycles. The first-order valence-corrected chi connectivity index (χ1v) is 7.02. The SMILES string of the molecule is CC(C)Cn1c(-c2ccccc2)c(O)n(C(C)C)c1=O. The molecule has 0 bridgehead atoms. The van der Waals surface area contributed by atoms with Crippen LogP contribution >= 0.6 is 0 Å². The van der Waals surface area contributed by atoms with Crippen LogP contribution in [0, 0.1) is 5.92 Å². The molecule has 2 rings (SSSR count). The van der Waals surface area contributed by atoms with Crippen molar-refractivity contribution in [3.63, 3.8) is 0 Å². The van der Waals surface area contributed by atoms with Gasteiger partial charge >= 0.3 is 5.69 Å². The molecule has 0 radical (unpaired) electrons. The number of aromatic nitrogens is 2. The molecule has 0 aliphatic heterocycles. The molecule has 4 heteroatoms. The van der Waals surface area contributed by atoms with E-state index in [0.29, 0.717) is 18.2 Å². The molecular weight excluding hydrogens is 252 g/mol. The smallest absolute Gasteiger partial charge is 0.331 e. The summed E-state index contributed by atoms with van der Waals surface area (Å²) in [5.41, 5.74) is 1.32. The van der Waals surface area contributed by atoms with Crippen molar-refractivity contribution in [1.29, 1.82) is 0 Å². The van der Waals surface area contributed by atoms with Gasteiger partial charge in [0.25, 0.3) is 0 Å². The average Bonchev–Trinajstić information content (AvgIpc) is 2.61. The van der Waals surface area contributed by atoms with E-state index in [0.717, 1.165) is 5.56 Å². The van der Waals surface area contributed by atoms with Gasteiger partial charge in [-0.3, -0.25) is 9.13 Å². The van der Waals surface area contributed by atoms with E-state index >= 15 is 0 Å². The molecule has 20 heavy (non-hydrogen) atoms. The third-order valence-corrected chi connectivity index (χ3v) is 3.26. The second-order valence-electron chi connectivity index (χ2n) is 5.79. The van der Waals surface area contributed by atoms with Crippen molar-refractivity contribution in [1.82, 2.24) is 9.13 Å². The maximum Gasteiger partial charge on any atom is 0.331 e. The van der Waals surface area contributed by atoms with Crippen LogP contribution in [0.2, 0.25) is 0 Å². The van der Waals surface area contributed by atoms with Gasteiger partial charge in [-0.15, -0.1) is 0 Å². The van der Waals surface area contributed by atoms with Crippen LogP contribution in [0.4, 0.5) is 0 Å². The van der Waals surface area contributed by atoms with Crippen LogP contribution in [-0.4, -0.2) is 14.2 Å². The number of hydrogen-bond donors (Lipinski definition) is 1. The molecule has 0 spiro atoms. The molecule has 1 N–H and O–H groups in total. The highest BCUT2D eigenvalue weighted by atomic mass is 16.3. The summed E-state index contributed by atoms with van der Waals surface area (Å²) >= 11 is 0. The molecule has 4 nitrogen and oxygen atoms in total. The maximum absolute atomic E-state index is 12.5. The molecule has 0 saturated heterocycles. The predicted octanol–water partition coefficient (Wildman–Crippen LogP) is 3.26. The van der Waals surface area contributed by atoms with E-state index in [1.54, 1.807) is 4.57 Å². The number of imidazole rings is 1. The summed E-state index contributed by atoms with van der Waals surface area (Å²) in [7, 11) is 0. The topological polar surface area (TPSA) is 47.2 Å². The van der Waals surface area contributed by atoms with E-state index in [1.165, 1.54) is 4.57 Å². The van der Waals surface area contributed by atoms with Crippen LogP contribution < -0.4 is 5.69 Å². The van der Waals surface area contributed by atoms with Crippen LogP contribution in [0.15, 0.2) is 35.1 Å². The van der Waals surface area contributed by atoms with Gasteiger partial charge in [0.2, 0.25) is 5.88 Å². The molecule has 1 aromatic carbocycles. The lowest BCUT2D eigenvalue weighted by atomic mass is 10.1. The molecule has 0 unspecified atom stereocenters. The van der Waals surface area contributed by atoms with E-state index in [9.17, 15) is 9.90 Å². The fourth-order valence-electron chi connectivity index (χ4n) is 2.43. The first-order valence-electron chi connectivity index (χ1n) is 7.02. The van der Waals surface area contributed by atoms with E-state index in [-0.39, 0.29) is 17.6 Å². The highest BCUT2D eigenvalue weighted by molar-refractivity contribution is 5.65. The summed E-state index contributed by atoms with van der Waals surface area (Å²) in [6, 6.07) is 9.49. The van der Waals surface area contributed by atoms with Crippen molar-refractivity contribution in [2.45, 2.75) is 40.3 Å². The Labute approximate surface area is 119 Å². The van der Waals surface area contributed by atoms with Gasteiger partial charge in [0, 0.05) is 18.2 Å². The monoisotopic (exact) mass is 274 g/mol. The first-order chi connectivity index (χ1) is 9.43. The van der Waals surface area contributed by atoms with Crippen molar-refractivity contribution in [3.05, 3.63) is 40.8 Å². The minimum Gasteiger partial charge on any atom is -0.493 e. The standard InChI is InChI=1S/C16H22N2O2/c1-11(2)10-17-14(13-8-6-5-7-9-13)15(19)18(12(3)4)16(17)20/h5-9,11-12,19H,10H2,1-4H3. The zero-order chi connectivity index (χ0) is 14.9. The number of nitrogens with zero attached hydrogens (tertiary/aromatic N) is 2. The van der Waals surface area contributed by atoms with Gasteiger partial charge in [-0.1, -0.05) is 44.2 Å². The molecule has 0 saturated carbocycles. The number of benzene rings is 1. The van der Waals surface area contributed by atoms with Crippen LogP contribution in [0.1, 0.15) is 33.7 Å². The molecule has 1 heterocycles. The molecule has 2 aromatic rings. The van der Waals surface area contributed by atoms with Gasteiger partial charge in [0.05, 0.1) is 0 Å². The number of rotatable bonds is 4. The zero-order valence-corrected chi connectivity index (χ0v) is 12.5. The predicted molar refractivity (Wildman–Crippen MR) is 81.0 cm³/mol. The molecule has 0 aliphatic rings. The quantitative estimate of drug-likeness (QED) is 0.930. The van der Waals surface area contributed by atoms with E-state index < -0.39 is 0 Å². The molecule has 0 atom stereocenters. The third-order valence-electron chi connectivity index (χ3n) is 3.26. The Kier molecular flexibility index (Phi) is 4.02. The summed E-state index contributed by atoms with van der Waals surface area (Å²) in [6.07, 6.45) is 0. The normalized spacial score (nSPS) is 11.5. The molecular formula is C16H22N2O2. The summed E-state index contributed by atoms with van der Waals surface area (Å²) in [5, 5.41) is 10.5. The van der Waals surface area contributed by atoms with Crippen LogP contribution in [0.3, 0.4) is 0 Å². The van der Waals surface area contributed by atoms with Crippen molar-refractivity contribution in [2.75, 3.05) is 0 Å². The summed E-state index contributed by atoms with van der Waals surface area (Å²) in [4.78, 5) is 12.5. The third kappa shape index (κ3) is 2.50. The maximum atomic E-state index is 12.5. The summed E-state index contributed by atoms with van der Waals surface area (Å²) in [5.74, 6) is 0.384. The second-order valence-corrected chi connectivity index (χ2v) is 5.79. The lowest BCUT2D eigenvalue weighted by molar-refractivity contribution is 0.396. The fraction of sp³-hybridized carbons (Fsp3) is 0.438. The van der Waals surface area contributed by atoms with E-state index in [1.807, 2.05) is 44.2 Å². The fourth-order valence-corrected chi connectivity index (χ4v) is 2.43. The lowest BCUT2D eigenvalue weighted by Crippen LogP contribution is -2.27. The van der Waals surface area contributed by atoms with Gasteiger partial charge in [-0.2, -0.15) is 0 Å². The van der Waals surface area contributed by atoms with E-state index in [2.05, 4.69) is 13.8 Å². The van der Waals surface area contributed by atoms with Crippen molar-refractivity contribution < 1.29 is 5.11 Å². The average molecular weight is 274 g/mol. The van der Waals surface area contributed by atoms with Gasteiger partial charge in [-0.25, -0.2) is 4.79 Å². The Balaban J connectivity index is 2.71. The van der Waals surface area contributed by atoms with E-state index in [4.69, 9.17) is 0 Å². The van der Waals surface area contributed by atoms with Crippen molar-refractivity contribution in [2.24, 2.45) is 5.92 Å². The Morgan fingerprint density at radius 2 is 1.70 bits per heavy atom. The Hall–Kier alpha value is -1.97. The minimum absolute atomic E-state index is 0.0526. The zero-order valence-electron chi connectivity index (χ0n) is 12.5. The summed E-state index contributed by atoms with van der Waals surface area (Å²) < 4.78 is 3.13. The minimum atomic E-state index is -0.148. The van der Waals surface area contributed by atoms with Crippen LogP contribution in [-0.2, 0) is 6.54 Å².